The van der Waals surface area contributed by atoms with Gasteiger partial charge in [-0.25, -0.2) is 9.97 Å². The summed E-state index contributed by atoms with van der Waals surface area (Å²) in [4.78, 5) is 12.0. The lowest BCUT2D eigenvalue weighted by atomic mass is 9.73. The fourth-order valence-electron chi connectivity index (χ4n) is 5.25. The van der Waals surface area contributed by atoms with E-state index in [-0.39, 0.29) is 16.9 Å². The SMILES string of the molecule is CC(C)(CC#N)CNc1nccc(Sc2cnc(N3CCC4(CC3)Cc3ccccc3[C@H]4N)nn2)c1Cl. The maximum absolute atomic E-state index is 9.01. The van der Waals surface area contributed by atoms with E-state index in [2.05, 4.69) is 60.7 Å². The molecule has 1 saturated heterocycles. The van der Waals surface area contributed by atoms with Crippen LogP contribution in [-0.4, -0.2) is 39.8 Å². The van der Waals surface area contributed by atoms with Crippen LogP contribution in [0, 0.1) is 22.2 Å². The van der Waals surface area contributed by atoms with Crippen molar-refractivity contribution in [2.45, 2.75) is 55.5 Å². The largest absolute Gasteiger partial charge is 0.368 e. The number of hydrogen-bond acceptors (Lipinski definition) is 9. The van der Waals surface area contributed by atoms with Crippen molar-refractivity contribution in [3.05, 3.63) is 58.9 Å². The lowest BCUT2D eigenvalue weighted by Gasteiger charge is -2.42. The minimum atomic E-state index is -0.185. The number of halogens is 1. The fraction of sp³-hybridized carbons (Fsp3) is 0.444. The van der Waals surface area contributed by atoms with E-state index in [1.54, 1.807) is 12.4 Å². The van der Waals surface area contributed by atoms with Crippen LogP contribution >= 0.6 is 23.4 Å². The van der Waals surface area contributed by atoms with Crippen LogP contribution in [0.1, 0.15) is 50.3 Å². The number of nitrogens with one attached hydrogen (secondary N) is 1. The van der Waals surface area contributed by atoms with E-state index in [0.717, 1.165) is 37.2 Å². The number of nitriles is 1. The number of piperidine rings is 1. The third-order valence-electron chi connectivity index (χ3n) is 7.52. The number of fused-ring (bicyclic) bond motifs is 1. The molecule has 0 saturated carbocycles. The number of benzene rings is 1. The van der Waals surface area contributed by atoms with E-state index >= 15 is 0 Å². The second-order valence-electron chi connectivity index (χ2n) is 10.7. The quantitative estimate of drug-likeness (QED) is 0.418. The second-order valence-corrected chi connectivity index (χ2v) is 12.2. The molecular formula is C27H31ClN8S. The molecule has 1 aliphatic heterocycles. The molecule has 5 rings (SSSR count). The van der Waals surface area contributed by atoms with Gasteiger partial charge in [-0.2, -0.15) is 5.26 Å². The molecule has 0 radical (unpaired) electrons. The van der Waals surface area contributed by atoms with Crippen molar-refractivity contribution in [1.82, 2.24) is 20.2 Å². The number of anilines is 2. The van der Waals surface area contributed by atoms with E-state index in [1.165, 1.54) is 22.9 Å². The molecule has 0 unspecified atom stereocenters. The Hall–Kier alpha value is -2.93. The van der Waals surface area contributed by atoms with Crippen molar-refractivity contribution in [3.63, 3.8) is 0 Å². The molecule has 10 heteroatoms. The molecule has 1 aliphatic carbocycles. The number of aromatic nitrogens is 4. The Morgan fingerprint density at radius 3 is 2.70 bits per heavy atom. The van der Waals surface area contributed by atoms with Gasteiger partial charge in [0.15, 0.2) is 0 Å². The molecule has 1 aromatic carbocycles. The Labute approximate surface area is 227 Å². The van der Waals surface area contributed by atoms with Gasteiger partial charge >= 0.3 is 0 Å². The number of hydrogen-bond donors (Lipinski definition) is 2. The maximum atomic E-state index is 9.01. The molecule has 2 aliphatic rings. The van der Waals surface area contributed by atoms with E-state index in [9.17, 15) is 0 Å². The zero-order valence-corrected chi connectivity index (χ0v) is 22.7. The summed E-state index contributed by atoms with van der Waals surface area (Å²) in [6.07, 6.45) is 6.96. The van der Waals surface area contributed by atoms with E-state index in [4.69, 9.17) is 22.6 Å². The van der Waals surface area contributed by atoms with Gasteiger partial charge in [-0.15, -0.1) is 10.2 Å². The summed E-state index contributed by atoms with van der Waals surface area (Å²) in [5.74, 6) is 1.23. The highest BCUT2D eigenvalue weighted by Gasteiger charge is 2.46. The Balaban J connectivity index is 1.20. The number of nitrogens with two attached hydrogens (primary N) is 1. The van der Waals surface area contributed by atoms with Crippen molar-refractivity contribution in [2.75, 3.05) is 29.9 Å². The van der Waals surface area contributed by atoms with Crippen molar-refractivity contribution in [3.8, 4) is 6.07 Å². The standard InChI is InChI=1S/C27H31ClN8S/c1-26(2,8-11-29)17-33-24-22(28)20(7-12-31-24)37-21-16-32-25(35-34-21)36-13-9-27(10-14-36)15-18-5-3-4-6-19(18)23(27)30/h3-7,12,16,23H,8-10,13-15,17,30H2,1-2H3,(H,31,33)/t23-/m1/s1. The molecule has 2 aromatic heterocycles. The highest BCUT2D eigenvalue weighted by atomic mass is 35.5. The van der Waals surface area contributed by atoms with Gasteiger partial charge in [-0.3, -0.25) is 0 Å². The van der Waals surface area contributed by atoms with Gasteiger partial charge in [0, 0.05) is 43.2 Å². The van der Waals surface area contributed by atoms with Crippen LogP contribution in [0.3, 0.4) is 0 Å². The van der Waals surface area contributed by atoms with Gasteiger partial charge in [-0.05, 0) is 47.3 Å². The molecule has 3 aromatic rings. The maximum Gasteiger partial charge on any atom is 0.245 e. The Morgan fingerprint density at radius 2 is 2.00 bits per heavy atom. The number of rotatable bonds is 7. The van der Waals surface area contributed by atoms with Crippen molar-refractivity contribution in [1.29, 1.82) is 5.26 Å². The second kappa shape index (κ2) is 10.4. The Bertz CT molecular complexity index is 1300. The fourth-order valence-corrected chi connectivity index (χ4v) is 6.27. The van der Waals surface area contributed by atoms with Crippen LogP contribution in [0.4, 0.5) is 11.8 Å². The first-order valence-electron chi connectivity index (χ1n) is 12.5. The molecular weight excluding hydrogens is 504 g/mol. The van der Waals surface area contributed by atoms with Gasteiger partial charge < -0.3 is 16.0 Å². The molecule has 1 fully saturated rings. The van der Waals surface area contributed by atoms with Crippen LogP contribution in [-0.2, 0) is 6.42 Å². The van der Waals surface area contributed by atoms with Crippen LogP contribution in [0.25, 0.3) is 0 Å². The summed E-state index contributed by atoms with van der Waals surface area (Å²) in [5, 5.41) is 22.3. The van der Waals surface area contributed by atoms with Gasteiger partial charge in [0.1, 0.15) is 10.8 Å². The van der Waals surface area contributed by atoms with Gasteiger partial charge in [0.25, 0.3) is 0 Å². The van der Waals surface area contributed by atoms with Crippen molar-refractivity contribution >= 4 is 35.1 Å². The first kappa shape index (κ1) is 25.7. The summed E-state index contributed by atoms with van der Waals surface area (Å²) in [6.45, 7) is 6.38. The predicted octanol–water partition coefficient (Wildman–Crippen LogP) is 5.27. The molecule has 1 spiro atoms. The molecule has 192 valence electrons. The zero-order valence-electron chi connectivity index (χ0n) is 21.1. The lowest BCUT2D eigenvalue weighted by molar-refractivity contribution is 0.186. The summed E-state index contributed by atoms with van der Waals surface area (Å²) in [5.41, 5.74) is 9.34. The summed E-state index contributed by atoms with van der Waals surface area (Å²) < 4.78 is 0. The molecule has 8 nitrogen and oxygen atoms in total. The zero-order chi connectivity index (χ0) is 26.0. The van der Waals surface area contributed by atoms with Crippen LogP contribution in [0.15, 0.2) is 52.6 Å². The van der Waals surface area contributed by atoms with Crippen LogP contribution in [0.2, 0.25) is 5.02 Å². The van der Waals surface area contributed by atoms with Gasteiger partial charge in [0.05, 0.1) is 17.3 Å². The number of nitrogens with zero attached hydrogens (tertiary/aromatic N) is 6. The van der Waals surface area contributed by atoms with E-state index in [1.807, 2.05) is 19.9 Å². The highest BCUT2D eigenvalue weighted by Crippen LogP contribution is 2.50. The first-order valence-corrected chi connectivity index (χ1v) is 13.7. The van der Waals surface area contributed by atoms with E-state index in [0.29, 0.717) is 34.8 Å². The van der Waals surface area contributed by atoms with Crippen LogP contribution in [0.5, 0.6) is 0 Å². The Kier molecular flexibility index (Phi) is 7.26. The monoisotopic (exact) mass is 534 g/mol. The molecule has 1 atom stereocenters. The normalized spacial score (nSPS) is 18.5. The minimum absolute atomic E-state index is 0.0885. The molecule has 37 heavy (non-hydrogen) atoms. The number of pyridine rings is 1. The summed E-state index contributed by atoms with van der Waals surface area (Å²) in [6, 6.07) is 12.7. The highest BCUT2D eigenvalue weighted by molar-refractivity contribution is 7.99. The summed E-state index contributed by atoms with van der Waals surface area (Å²) >= 11 is 8.02. The first-order chi connectivity index (χ1) is 17.8. The van der Waals surface area contributed by atoms with E-state index < -0.39 is 0 Å². The van der Waals surface area contributed by atoms with Gasteiger partial charge in [-0.1, -0.05) is 61.5 Å². The average Bonchev–Trinajstić information content (AvgIpc) is 3.16. The lowest BCUT2D eigenvalue weighted by Crippen LogP contribution is -2.45. The van der Waals surface area contributed by atoms with Crippen LogP contribution < -0.4 is 16.0 Å². The summed E-state index contributed by atoms with van der Waals surface area (Å²) in [7, 11) is 0. The van der Waals surface area contributed by atoms with Crippen molar-refractivity contribution < 1.29 is 0 Å². The molecule has 3 heterocycles. The van der Waals surface area contributed by atoms with Gasteiger partial charge in [0.2, 0.25) is 5.95 Å². The Morgan fingerprint density at radius 1 is 1.22 bits per heavy atom. The smallest absolute Gasteiger partial charge is 0.245 e. The third-order valence-corrected chi connectivity index (χ3v) is 8.97. The minimum Gasteiger partial charge on any atom is -0.368 e. The molecule has 3 N–H and O–H groups in total. The third kappa shape index (κ3) is 5.37. The predicted molar refractivity (Wildman–Crippen MR) is 147 cm³/mol. The molecule has 0 amide bonds. The topological polar surface area (TPSA) is 117 Å². The average molecular weight is 535 g/mol. The molecule has 0 bridgehead atoms. The van der Waals surface area contributed by atoms with Crippen molar-refractivity contribution in [2.24, 2.45) is 16.6 Å².